The monoisotopic (exact) mass is 571 g/mol. The fraction of sp³-hybridized carbons (Fsp3) is 0.548. The first-order chi connectivity index (χ1) is 19.7. The molecular weight excluding hydrogens is 530 g/mol. The molecule has 0 saturated carbocycles. The van der Waals surface area contributed by atoms with Crippen LogP contribution < -0.4 is 9.47 Å². The Kier molecular flexibility index (Phi) is 12.6. The van der Waals surface area contributed by atoms with Crippen molar-refractivity contribution < 1.29 is 42.8 Å². The molecule has 41 heavy (non-hydrogen) atoms. The zero-order valence-corrected chi connectivity index (χ0v) is 24.5. The van der Waals surface area contributed by atoms with Crippen LogP contribution in [0.5, 0.6) is 11.5 Å². The van der Waals surface area contributed by atoms with Crippen LogP contribution in [0.1, 0.15) is 56.6 Å². The van der Waals surface area contributed by atoms with Crippen LogP contribution in [0.15, 0.2) is 42.6 Å². The number of nitrogens with zero attached hydrogens (tertiary/aromatic N) is 1. The van der Waals surface area contributed by atoms with E-state index in [-0.39, 0.29) is 42.2 Å². The van der Waals surface area contributed by atoms with Crippen LogP contribution >= 0.6 is 0 Å². The Bertz CT molecular complexity index is 1140. The molecule has 4 atom stereocenters. The average molecular weight is 572 g/mol. The number of ketones is 1. The molecule has 10 heteroatoms. The summed E-state index contributed by atoms with van der Waals surface area (Å²) in [6.45, 7) is 7.77. The molecule has 1 saturated heterocycles. The van der Waals surface area contributed by atoms with Crippen LogP contribution in [-0.4, -0.2) is 68.6 Å². The van der Waals surface area contributed by atoms with Gasteiger partial charge in [0.25, 0.3) is 0 Å². The maximum absolute atomic E-state index is 13.4. The van der Waals surface area contributed by atoms with Crippen molar-refractivity contribution in [2.45, 2.75) is 59.2 Å². The molecule has 0 bridgehead atoms. The number of aromatic nitrogens is 1. The predicted octanol–water partition coefficient (Wildman–Crippen LogP) is 4.43. The Labute approximate surface area is 241 Å². The molecule has 0 N–H and O–H groups in total. The summed E-state index contributed by atoms with van der Waals surface area (Å²) in [6, 6.07) is 11.6. The van der Waals surface area contributed by atoms with Crippen molar-refractivity contribution in [2.24, 2.45) is 17.8 Å². The molecule has 10 nitrogen and oxygen atoms in total. The lowest BCUT2D eigenvalue weighted by Gasteiger charge is -2.31. The highest BCUT2D eigenvalue weighted by molar-refractivity contribution is 5.99. The molecule has 0 unspecified atom stereocenters. The molecule has 1 aliphatic heterocycles. The van der Waals surface area contributed by atoms with Gasteiger partial charge in [-0.2, -0.15) is 0 Å². The van der Waals surface area contributed by atoms with Crippen LogP contribution in [0.3, 0.4) is 0 Å². The summed E-state index contributed by atoms with van der Waals surface area (Å²) in [5, 5.41) is 0. The molecule has 3 rings (SSSR count). The summed E-state index contributed by atoms with van der Waals surface area (Å²) < 4.78 is 33.9. The van der Waals surface area contributed by atoms with E-state index in [1.165, 1.54) is 26.3 Å². The minimum Gasteiger partial charge on any atom is -0.493 e. The number of carbonyl (C=O) groups is 3. The molecule has 1 aromatic carbocycles. The Morgan fingerprint density at radius 2 is 1.88 bits per heavy atom. The zero-order chi connectivity index (χ0) is 29.8. The van der Waals surface area contributed by atoms with Crippen molar-refractivity contribution >= 4 is 17.7 Å². The van der Waals surface area contributed by atoms with Gasteiger partial charge in [-0.15, -0.1) is 0 Å². The molecule has 224 valence electrons. The van der Waals surface area contributed by atoms with Gasteiger partial charge >= 0.3 is 11.9 Å². The number of pyridine rings is 1. The molecule has 1 aliphatic rings. The summed E-state index contributed by atoms with van der Waals surface area (Å²) in [4.78, 5) is 42.0. The van der Waals surface area contributed by atoms with Crippen LogP contribution in [0.25, 0.3) is 0 Å². The van der Waals surface area contributed by atoms with Gasteiger partial charge in [0.2, 0.25) is 6.79 Å². The Morgan fingerprint density at radius 1 is 1.12 bits per heavy atom. The van der Waals surface area contributed by atoms with E-state index in [2.05, 4.69) is 31.0 Å². The van der Waals surface area contributed by atoms with Crippen LogP contribution in [0.2, 0.25) is 0 Å². The van der Waals surface area contributed by atoms with Crippen molar-refractivity contribution in [2.75, 3.05) is 33.7 Å². The number of rotatable bonds is 13. The maximum atomic E-state index is 13.4. The third-order valence-electron chi connectivity index (χ3n) is 6.81. The number of cyclic esters (lactones) is 1. The molecule has 0 aliphatic carbocycles. The third kappa shape index (κ3) is 9.82. The lowest BCUT2D eigenvalue weighted by molar-refractivity contribution is -0.163. The van der Waals surface area contributed by atoms with Gasteiger partial charge in [-0.3, -0.25) is 14.4 Å². The van der Waals surface area contributed by atoms with Crippen LogP contribution in [0.4, 0.5) is 0 Å². The first-order valence-corrected chi connectivity index (χ1v) is 14.0. The number of ether oxygens (including phenoxy) is 6. The second-order valence-electron chi connectivity index (χ2n) is 10.6. The van der Waals surface area contributed by atoms with Crippen molar-refractivity contribution in [1.82, 2.24) is 4.98 Å². The van der Waals surface area contributed by atoms with E-state index in [1.54, 1.807) is 0 Å². The average Bonchev–Trinajstić information content (AvgIpc) is 2.98. The fourth-order valence-electron chi connectivity index (χ4n) is 4.62. The van der Waals surface area contributed by atoms with E-state index in [4.69, 9.17) is 28.4 Å². The second kappa shape index (κ2) is 16.1. The summed E-state index contributed by atoms with van der Waals surface area (Å²) in [6.07, 6.45) is 1.81. The molecule has 1 fully saturated rings. The Balaban J connectivity index is 1.78. The van der Waals surface area contributed by atoms with Gasteiger partial charge in [-0.05, 0) is 31.2 Å². The van der Waals surface area contributed by atoms with Crippen LogP contribution in [-0.2, 0) is 35.0 Å². The summed E-state index contributed by atoms with van der Waals surface area (Å²) in [5.41, 5.74) is 1.09. The Hall–Kier alpha value is -3.50. The molecule has 0 radical (unpaired) electrons. The van der Waals surface area contributed by atoms with Gasteiger partial charge in [-0.1, -0.05) is 44.2 Å². The first-order valence-electron chi connectivity index (χ1n) is 14.0. The molecule has 1 aromatic heterocycles. The summed E-state index contributed by atoms with van der Waals surface area (Å²) >= 11 is 0. The quantitative estimate of drug-likeness (QED) is 0.194. The molecule has 0 amide bonds. The van der Waals surface area contributed by atoms with Gasteiger partial charge in [0, 0.05) is 38.1 Å². The summed E-state index contributed by atoms with van der Waals surface area (Å²) in [5.74, 6) is -1.77. The maximum Gasteiger partial charge on any atom is 0.312 e. The van der Waals surface area contributed by atoms with Gasteiger partial charge in [-0.25, -0.2) is 4.98 Å². The smallest absolute Gasteiger partial charge is 0.312 e. The lowest BCUT2D eigenvalue weighted by atomic mass is 9.91. The number of hydrogen-bond donors (Lipinski definition) is 0. The van der Waals surface area contributed by atoms with Crippen molar-refractivity contribution in [3.8, 4) is 11.5 Å². The van der Waals surface area contributed by atoms with Gasteiger partial charge < -0.3 is 28.4 Å². The summed E-state index contributed by atoms with van der Waals surface area (Å²) in [7, 11) is 1.42. The van der Waals surface area contributed by atoms with E-state index in [0.29, 0.717) is 25.6 Å². The van der Waals surface area contributed by atoms with E-state index in [0.717, 1.165) is 12.0 Å². The highest BCUT2D eigenvalue weighted by Gasteiger charge is 2.36. The van der Waals surface area contributed by atoms with Crippen molar-refractivity contribution in [3.05, 3.63) is 53.9 Å². The van der Waals surface area contributed by atoms with E-state index >= 15 is 0 Å². The van der Waals surface area contributed by atoms with E-state index in [9.17, 15) is 14.4 Å². The SMILES string of the molecule is COc1ccnc(C(=O)C[C@H]2COC[C@H](Cc3ccccc3)[C@@H](OCCC(C)C)[C@H](C)OC2=O)c1OCOC(C)=O. The normalized spacial score (nSPS) is 21.3. The number of esters is 2. The minimum atomic E-state index is -0.869. The van der Waals surface area contributed by atoms with Gasteiger partial charge in [0.05, 0.1) is 32.3 Å². The van der Waals surface area contributed by atoms with Crippen molar-refractivity contribution in [1.29, 1.82) is 0 Å². The standard InChI is InChI=1S/C31H41NO9/c1-20(2)12-14-38-29-21(3)41-31(35)25(18-37-17-24(29)15-23-9-7-6-8-10-23)16-26(34)28-30(40-19-39-22(4)33)27(36-5)11-13-32-28/h6-11,13,20-21,24-25,29H,12,14-19H2,1-5H3/t21-,24-,25-,29-/m0/s1. The first kappa shape index (κ1) is 32.0. The predicted molar refractivity (Wildman–Crippen MR) is 150 cm³/mol. The van der Waals surface area contributed by atoms with Gasteiger partial charge in [0.1, 0.15) is 6.10 Å². The van der Waals surface area contributed by atoms with E-state index < -0.39 is 36.5 Å². The number of carbonyl (C=O) groups excluding carboxylic acids is 3. The number of Topliss-reactive ketones (excluding diaryl/α,β-unsaturated/α-hetero) is 1. The Morgan fingerprint density at radius 3 is 2.56 bits per heavy atom. The fourth-order valence-corrected chi connectivity index (χ4v) is 4.62. The van der Waals surface area contributed by atoms with E-state index in [1.807, 2.05) is 25.1 Å². The number of methoxy groups -OCH3 is 1. The number of benzene rings is 1. The molecule has 2 heterocycles. The third-order valence-corrected chi connectivity index (χ3v) is 6.81. The zero-order valence-electron chi connectivity index (χ0n) is 24.5. The highest BCUT2D eigenvalue weighted by atomic mass is 16.7. The molecule has 2 aromatic rings. The second-order valence-corrected chi connectivity index (χ2v) is 10.6. The minimum absolute atomic E-state index is 0.00506. The van der Waals surface area contributed by atoms with Crippen LogP contribution in [0, 0.1) is 17.8 Å². The lowest BCUT2D eigenvalue weighted by Crippen LogP contribution is -2.40. The van der Waals surface area contributed by atoms with Crippen molar-refractivity contribution in [3.63, 3.8) is 0 Å². The highest BCUT2D eigenvalue weighted by Crippen LogP contribution is 2.32. The topological polar surface area (TPSA) is 119 Å². The largest absolute Gasteiger partial charge is 0.493 e. The molecule has 0 spiro atoms. The number of hydrogen-bond acceptors (Lipinski definition) is 10. The van der Waals surface area contributed by atoms with Gasteiger partial charge in [0.15, 0.2) is 23.0 Å². The molecular formula is C31H41NO9.